The molecule has 0 saturated heterocycles. The molecule has 0 aliphatic rings. The van der Waals surface area contributed by atoms with Crippen LogP contribution in [0, 0.1) is 5.82 Å². The number of rotatable bonds is 4. The van der Waals surface area contributed by atoms with E-state index in [2.05, 4.69) is 4.98 Å². The number of ether oxygens (including phenoxy) is 2. The van der Waals surface area contributed by atoms with Gasteiger partial charge in [0.25, 0.3) is 0 Å². The molecule has 1 unspecified atom stereocenters. The summed E-state index contributed by atoms with van der Waals surface area (Å²) in [6.07, 6.45) is 3.14. The third-order valence-electron chi connectivity index (χ3n) is 2.92. The monoisotopic (exact) mass is 262 g/mol. The molecule has 2 N–H and O–H groups in total. The minimum atomic E-state index is -0.645. The summed E-state index contributed by atoms with van der Waals surface area (Å²) >= 11 is 0. The van der Waals surface area contributed by atoms with E-state index in [0.717, 1.165) is 0 Å². The Labute approximate surface area is 111 Å². The van der Waals surface area contributed by atoms with Crippen molar-refractivity contribution in [2.45, 2.75) is 6.04 Å². The Balaban J connectivity index is 2.47. The molecule has 1 aromatic heterocycles. The molecule has 0 saturated carbocycles. The van der Waals surface area contributed by atoms with Gasteiger partial charge in [0.2, 0.25) is 0 Å². The fourth-order valence-electron chi connectivity index (χ4n) is 1.91. The second-order valence-electron chi connectivity index (χ2n) is 3.96. The zero-order chi connectivity index (χ0) is 13.8. The van der Waals surface area contributed by atoms with E-state index in [1.165, 1.54) is 14.2 Å². The van der Waals surface area contributed by atoms with Crippen LogP contribution in [0.1, 0.15) is 17.2 Å². The van der Waals surface area contributed by atoms with Crippen molar-refractivity contribution in [3.05, 3.63) is 53.6 Å². The SMILES string of the molecule is COc1cnccc1C(N)c1cccc(OC)c1F. The molecule has 1 heterocycles. The zero-order valence-corrected chi connectivity index (χ0v) is 10.8. The molecule has 0 spiro atoms. The molecule has 0 aliphatic heterocycles. The molecule has 2 aromatic rings. The van der Waals surface area contributed by atoms with E-state index in [1.54, 1.807) is 36.7 Å². The van der Waals surface area contributed by atoms with Gasteiger partial charge in [-0.2, -0.15) is 0 Å². The Morgan fingerprint density at radius 3 is 2.53 bits per heavy atom. The number of nitrogens with zero attached hydrogens (tertiary/aromatic N) is 1. The van der Waals surface area contributed by atoms with Crippen LogP contribution >= 0.6 is 0 Å². The summed E-state index contributed by atoms with van der Waals surface area (Å²) < 4.78 is 24.3. The number of hydrogen-bond acceptors (Lipinski definition) is 4. The van der Waals surface area contributed by atoms with Gasteiger partial charge in [-0.05, 0) is 12.1 Å². The van der Waals surface area contributed by atoms with Crippen molar-refractivity contribution in [1.82, 2.24) is 4.98 Å². The van der Waals surface area contributed by atoms with Gasteiger partial charge in [-0.1, -0.05) is 12.1 Å². The predicted octanol–water partition coefficient (Wildman–Crippen LogP) is 2.29. The normalized spacial score (nSPS) is 12.0. The van der Waals surface area contributed by atoms with Gasteiger partial charge in [-0.3, -0.25) is 4.98 Å². The number of halogens is 1. The van der Waals surface area contributed by atoms with Gasteiger partial charge in [0.1, 0.15) is 5.75 Å². The molecule has 100 valence electrons. The summed E-state index contributed by atoms with van der Waals surface area (Å²) in [6, 6.07) is 5.94. The number of aromatic nitrogens is 1. The molecule has 0 fully saturated rings. The highest BCUT2D eigenvalue weighted by Crippen LogP contribution is 2.31. The van der Waals surface area contributed by atoms with Crippen LogP contribution in [0.25, 0.3) is 0 Å². The van der Waals surface area contributed by atoms with Gasteiger partial charge >= 0.3 is 0 Å². The lowest BCUT2D eigenvalue weighted by Crippen LogP contribution is -2.15. The Kier molecular flexibility index (Phi) is 3.97. The van der Waals surface area contributed by atoms with E-state index in [-0.39, 0.29) is 5.75 Å². The van der Waals surface area contributed by atoms with Gasteiger partial charge < -0.3 is 15.2 Å². The van der Waals surface area contributed by atoms with Crippen molar-refractivity contribution in [2.75, 3.05) is 14.2 Å². The van der Waals surface area contributed by atoms with Crippen LogP contribution in [-0.4, -0.2) is 19.2 Å². The third kappa shape index (κ3) is 2.51. The smallest absolute Gasteiger partial charge is 0.170 e. The number of hydrogen-bond donors (Lipinski definition) is 1. The standard InChI is InChI=1S/C14H15FN2O2/c1-18-11-5-3-4-10(13(11)15)14(16)9-6-7-17-8-12(9)19-2/h3-8,14H,16H2,1-2H3. The molecule has 0 amide bonds. The summed E-state index contributed by atoms with van der Waals surface area (Å²) in [5, 5.41) is 0. The quantitative estimate of drug-likeness (QED) is 0.918. The Hall–Kier alpha value is -2.14. The largest absolute Gasteiger partial charge is 0.495 e. The van der Waals surface area contributed by atoms with Crippen LogP contribution in [0.15, 0.2) is 36.7 Å². The van der Waals surface area contributed by atoms with E-state index in [0.29, 0.717) is 16.9 Å². The predicted molar refractivity (Wildman–Crippen MR) is 69.8 cm³/mol. The molecule has 1 aromatic carbocycles. The summed E-state index contributed by atoms with van der Waals surface area (Å²) in [5.41, 5.74) is 7.14. The summed E-state index contributed by atoms with van der Waals surface area (Å²) in [6.45, 7) is 0. The molecule has 5 heteroatoms. The Bertz CT molecular complexity index is 575. The van der Waals surface area contributed by atoms with Crippen molar-refractivity contribution < 1.29 is 13.9 Å². The molecule has 0 bridgehead atoms. The topological polar surface area (TPSA) is 57.4 Å². The molecular formula is C14H15FN2O2. The van der Waals surface area contributed by atoms with Crippen molar-refractivity contribution in [3.8, 4) is 11.5 Å². The lowest BCUT2D eigenvalue weighted by Gasteiger charge is -2.17. The van der Waals surface area contributed by atoms with Crippen LogP contribution in [0.5, 0.6) is 11.5 Å². The second-order valence-corrected chi connectivity index (χ2v) is 3.96. The Morgan fingerprint density at radius 1 is 1.11 bits per heavy atom. The average molecular weight is 262 g/mol. The van der Waals surface area contributed by atoms with E-state index in [1.807, 2.05) is 0 Å². The van der Waals surface area contributed by atoms with Gasteiger partial charge in [-0.25, -0.2) is 4.39 Å². The van der Waals surface area contributed by atoms with E-state index >= 15 is 0 Å². The molecule has 0 aliphatic carbocycles. The molecule has 2 rings (SSSR count). The lowest BCUT2D eigenvalue weighted by atomic mass is 9.99. The first-order chi connectivity index (χ1) is 9.19. The molecule has 4 nitrogen and oxygen atoms in total. The fraction of sp³-hybridized carbons (Fsp3) is 0.214. The van der Waals surface area contributed by atoms with Crippen LogP contribution in [0.4, 0.5) is 4.39 Å². The van der Waals surface area contributed by atoms with Crippen LogP contribution in [0.3, 0.4) is 0 Å². The molecule has 1 atom stereocenters. The first-order valence-corrected chi connectivity index (χ1v) is 5.75. The second kappa shape index (κ2) is 5.67. The molecular weight excluding hydrogens is 247 g/mol. The summed E-state index contributed by atoms with van der Waals surface area (Å²) in [7, 11) is 2.94. The number of nitrogens with two attached hydrogens (primary N) is 1. The average Bonchev–Trinajstić information content (AvgIpc) is 2.46. The van der Waals surface area contributed by atoms with Crippen molar-refractivity contribution in [3.63, 3.8) is 0 Å². The number of pyridine rings is 1. The summed E-state index contributed by atoms with van der Waals surface area (Å²) in [5.74, 6) is 0.231. The Morgan fingerprint density at radius 2 is 1.84 bits per heavy atom. The van der Waals surface area contributed by atoms with Gasteiger partial charge in [0.15, 0.2) is 11.6 Å². The first-order valence-electron chi connectivity index (χ1n) is 5.75. The highest BCUT2D eigenvalue weighted by Gasteiger charge is 2.19. The van der Waals surface area contributed by atoms with Crippen molar-refractivity contribution >= 4 is 0 Å². The van der Waals surface area contributed by atoms with Crippen LogP contribution < -0.4 is 15.2 Å². The maximum Gasteiger partial charge on any atom is 0.170 e. The zero-order valence-electron chi connectivity index (χ0n) is 10.8. The maximum atomic E-state index is 14.2. The van der Waals surface area contributed by atoms with E-state index < -0.39 is 11.9 Å². The maximum absolute atomic E-state index is 14.2. The minimum Gasteiger partial charge on any atom is -0.495 e. The highest BCUT2D eigenvalue weighted by molar-refractivity contribution is 5.42. The lowest BCUT2D eigenvalue weighted by molar-refractivity contribution is 0.382. The number of benzene rings is 1. The minimum absolute atomic E-state index is 0.168. The van der Waals surface area contributed by atoms with Gasteiger partial charge in [-0.15, -0.1) is 0 Å². The highest BCUT2D eigenvalue weighted by atomic mass is 19.1. The molecule has 19 heavy (non-hydrogen) atoms. The third-order valence-corrected chi connectivity index (χ3v) is 2.92. The van der Waals surface area contributed by atoms with Crippen molar-refractivity contribution in [1.29, 1.82) is 0 Å². The summed E-state index contributed by atoms with van der Waals surface area (Å²) in [4.78, 5) is 3.95. The fourth-order valence-corrected chi connectivity index (χ4v) is 1.91. The molecule has 0 radical (unpaired) electrons. The van der Waals surface area contributed by atoms with Crippen LogP contribution in [-0.2, 0) is 0 Å². The van der Waals surface area contributed by atoms with Gasteiger partial charge in [0.05, 0.1) is 26.5 Å². The van der Waals surface area contributed by atoms with E-state index in [9.17, 15) is 4.39 Å². The van der Waals surface area contributed by atoms with Crippen LogP contribution in [0.2, 0.25) is 0 Å². The van der Waals surface area contributed by atoms with Crippen molar-refractivity contribution in [2.24, 2.45) is 5.73 Å². The first kappa shape index (κ1) is 13.3. The van der Waals surface area contributed by atoms with Gasteiger partial charge in [0, 0.05) is 17.3 Å². The number of methoxy groups -OCH3 is 2. The van der Waals surface area contributed by atoms with E-state index in [4.69, 9.17) is 15.2 Å².